The summed E-state index contributed by atoms with van der Waals surface area (Å²) in [5, 5.41) is 9.14. The molecule has 0 bridgehead atoms. The van der Waals surface area contributed by atoms with Crippen LogP contribution in [0.25, 0.3) is 0 Å². The van der Waals surface area contributed by atoms with Gasteiger partial charge in [-0.1, -0.05) is 13.0 Å². The van der Waals surface area contributed by atoms with Crippen molar-refractivity contribution in [2.24, 2.45) is 21.6 Å². The maximum atomic E-state index is 10.4. The van der Waals surface area contributed by atoms with E-state index in [-0.39, 0.29) is 11.8 Å². The number of isothiocyanates is 1. The molecule has 4 unspecified atom stereocenters. The highest BCUT2D eigenvalue weighted by atomic mass is 32.1. The van der Waals surface area contributed by atoms with Crippen LogP contribution < -0.4 is 5.73 Å². The predicted molar refractivity (Wildman–Crippen MR) is 210 cm³/mol. The molecule has 14 heteroatoms. The fraction of sp³-hybridized carbons (Fsp3) is 0.714. The van der Waals surface area contributed by atoms with Crippen molar-refractivity contribution in [2.75, 3.05) is 74.6 Å². The Labute approximate surface area is 309 Å². The molecule has 0 aromatic heterocycles. The number of aliphatic imine (C=N–C) groups is 2. The molecule has 0 saturated carbocycles. The smallest absolute Gasteiger partial charge is 0.253 e. The van der Waals surface area contributed by atoms with Crippen LogP contribution >= 0.6 is 24.8 Å². The molecule has 5 rings (SSSR count). The third kappa shape index (κ3) is 68.3. The standard InChI is InChI=1S/C5H5NO2.2C5H10O.C4H8O.C3H6O.C3H6.C3H4.C2H3NO.C2H3NS.CH5N.CH4O.CH4S/c1-6-4(7)2-3-5(6)8;1-5-2-3-6-4-5;1-5-3-2-4-6-5;1-4-2-3-5-4;1-3-2-4-3;2*1-3-2;2*1-3-2-4;3*1-2/h2-3H,1H3;2*5H,2-4H2,1H3;4H,2-3H2,1H3;3H,2H2,1H3;3H,1H2,2H3;1H,2H3;2*1H3;2H2,1H3;2*2H,1H3. The Balaban J connectivity index is -0.0000000807. The molecule has 0 spiro atoms. The van der Waals surface area contributed by atoms with Crippen molar-refractivity contribution < 1.29 is 38.4 Å². The Morgan fingerprint density at radius 2 is 1.29 bits per heavy atom. The summed E-state index contributed by atoms with van der Waals surface area (Å²) in [5.74, 6) is 2.59. The number of hydrogen-bond acceptors (Lipinski definition) is 13. The number of isocyanates is 1. The maximum Gasteiger partial charge on any atom is 0.253 e. The highest BCUT2D eigenvalue weighted by Gasteiger charge is 2.17. The first-order valence-corrected chi connectivity index (χ1v) is 17.0. The minimum Gasteiger partial charge on any atom is -0.400 e. The fourth-order valence-corrected chi connectivity index (χ4v) is 2.32. The van der Waals surface area contributed by atoms with Gasteiger partial charge in [0, 0.05) is 66.8 Å². The van der Waals surface area contributed by atoms with Gasteiger partial charge in [-0.05, 0) is 91.7 Å². The number of nitrogens with two attached hydrogens (primary N) is 1. The number of hydrogen-bond donors (Lipinski definition) is 3. The normalized spacial score (nSPS) is 19.9. The summed E-state index contributed by atoms with van der Waals surface area (Å²) in [5.41, 5.74) is 4.50. The molecular weight excluding hydrogens is 669 g/mol. The Hall–Kier alpha value is -2.53. The number of carbonyl (C=O) groups is 2. The molecule has 2 amide bonds. The molecule has 0 radical (unpaired) electrons. The SMILES string of the molecule is C#CC.C=CC.CC1CCCO1.CC1CCO1.CC1CCOC1.CC1CO1.CN.CN1C(=O)C=CC1=O.CN=C=O.CN=C=S.CO.CS. The number of epoxide rings is 1. The van der Waals surface area contributed by atoms with Crippen LogP contribution in [0.3, 0.4) is 0 Å². The van der Waals surface area contributed by atoms with Gasteiger partial charge < -0.3 is 29.8 Å². The average molecular weight is 737 g/mol. The summed E-state index contributed by atoms with van der Waals surface area (Å²) >= 11 is 7.66. The minimum absolute atomic E-state index is 0.241. The van der Waals surface area contributed by atoms with E-state index in [1.165, 1.54) is 65.1 Å². The maximum absolute atomic E-state index is 10.4. The van der Waals surface area contributed by atoms with Crippen molar-refractivity contribution >= 4 is 47.9 Å². The quantitative estimate of drug-likeness (QED) is 0.0440. The van der Waals surface area contributed by atoms with Crippen LogP contribution in [0.4, 0.5) is 0 Å². The number of rotatable bonds is 0. The molecule has 3 N–H and O–H groups in total. The summed E-state index contributed by atoms with van der Waals surface area (Å²) in [6.07, 6.45) is 18.6. The van der Waals surface area contributed by atoms with Crippen LogP contribution in [0.5, 0.6) is 0 Å². The monoisotopic (exact) mass is 736 g/mol. The number of thiocarbonyl (C=S) groups is 1. The van der Waals surface area contributed by atoms with Gasteiger partial charge in [-0.3, -0.25) is 14.5 Å². The molecule has 0 aromatic carbocycles. The number of allylic oxidation sites excluding steroid dienone is 1. The summed E-state index contributed by atoms with van der Waals surface area (Å²) in [6, 6.07) is 0. The Morgan fingerprint density at radius 3 is 1.35 bits per heavy atom. The lowest BCUT2D eigenvalue weighted by molar-refractivity contribution is -0.135. The topological polar surface area (TPSA) is 166 Å². The largest absolute Gasteiger partial charge is 0.400 e. The van der Waals surface area contributed by atoms with Crippen LogP contribution in [0, 0.1) is 18.3 Å². The van der Waals surface area contributed by atoms with Crippen LogP contribution in [0.1, 0.15) is 67.2 Å². The molecule has 49 heavy (non-hydrogen) atoms. The number of thiol groups is 1. The van der Waals surface area contributed by atoms with Gasteiger partial charge in [-0.15, -0.1) is 18.9 Å². The van der Waals surface area contributed by atoms with E-state index < -0.39 is 0 Å². The number of carbonyl (C=O) groups excluding carboxylic acids is 3. The van der Waals surface area contributed by atoms with E-state index in [0.29, 0.717) is 18.3 Å². The number of aliphatic hydroxyl groups is 1. The molecule has 5 aliphatic heterocycles. The van der Waals surface area contributed by atoms with Crippen molar-refractivity contribution in [3.05, 3.63) is 24.8 Å². The Morgan fingerprint density at radius 1 is 0.939 bits per heavy atom. The molecule has 4 fully saturated rings. The van der Waals surface area contributed by atoms with E-state index in [1.807, 2.05) is 6.92 Å². The zero-order valence-electron chi connectivity index (χ0n) is 32.3. The van der Waals surface area contributed by atoms with Crippen molar-refractivity contribution in [3.8, 4) is 12.3 Å². The number of imide groups is 1. The Kier molecular flexibility index (Phi) is 72.6. The lowest BCUT2D eigenvalue weighted by Gasteiger charge is -2.20. The summed E-state index contributed by atoms with van der Waals surface area (Å²) in [6.45, 7) is 20.3. The van der Waals surface area contributed by atoms with Gasteiger partial charge in [-0.2, -0.15) is 12.6 Å². The zero-order valence-corrected chi connectivity index (χ0v) is 34.0. The van der Waals surface area contributed by atoms with Crippen molar-refractivity contribution in [2.45, 2.75) is 85.5 Å². The van der Waals surface area contributed by atoms with E-state index in [9.17, 15) is 9.59 Å². The van der Waals surface area contributed by atoms with Gasteiger partial charge in [0.1, 0.15) is 0 Å². The van der Waals surface area contributed by atoms with E-state index in [2.05, 4.69) is 92.3 Å². The number of nitrogens with zero attached hydrogens (tertiary/aromatic N) is 3. The van der Waals surface area contributed by atoms with Crippen molar-refractivity contribution in [3.63, 3.8) is 0 Å². The van der Waals surface area contributed by atoms with Crippen LogP contribution in [0.2, 0.25) is 0 Å². The van der Waals surface area contributed by atoms with Gasteiger partial charge >= 0.3 is 0 Å². The van der Waals surface area contributed by atoms with Gasteiger partial charge in [0.25, 0.3) is 11.8 Å². The molecule has 5 heterocycles. The van der Waals surface area contributed by atoms with Gasteiger partial charge in [0.2, 0.25) is 6.08 Å². The number of aliphatic hydroxyl groups excluding tert-OH is 1. The Bertz CT molecular complexity index is 808. The van der Waals surface area contributed by atoms with E-state index in [4.69, 9.17) is 28.8 Å². The molecule has 4 saturated heterocycles. The van der Waals surface area contributed by atoms with Crippen LogP contribution in [0.15, 0.2) is 34.8 Å². The minimum atomic E-state index is -0.241. The molecule has 0 aromatic rings. The lowest BCUT2D eigenvalue weighted by atomic mass is 10.2. The number of terminal acetylenes is 1. The first kappa shape index (κ1) is 61.7. The van der Waals surface area contributed by atoms with E-state index in [0.717, 1.165) is 51.0 Å². The third-order valence-electron chi connectivity index (χ3n) is 4.95. The van der Waals surface area contributed by atoms with Crippen molar-refractivity contribution in [1.29, 1.82) is 0 Å². The molecule has 12 nitrogen and oxygen atoms in total. The number of ether oxygens (including phenoxy) is 4. The second kappa shape index (κ2) is 57.7. The molecule has 0 aliphatic carbocycles. The molecule has 4 atom stereocenters. The third-order valence-corrected chi connectivity index (χ3v) is 5.14. The first-order chi connectivity index (χ1) is 23.4. The first-order valence-electron chi connectivity index (χ1n) is 15.7. The summed E-state index contributed by atoms with van der Waals surface area (Å²) < 4.78 is 19.8. The fourth-order valence-electron chi connectivity index (χ4n) is 2.32. The average Bonchev–Trinajstić information content (AvgIpc) is 3.39. The highest BCUT2D eigenvalue weighted by Crippen LogP contribution is 2.10. The van der Waals surface area contributed by atoms with Crippen LogP contribution in [-0.4, -0.2) is 126 Å². The second-order valence-electron chi connectivity index (χ2n) is 9.30. The van der Waals surface area contributed by atoms with E-state index >= 15 is 0 Å². The zero-order chi connectivity index (χ0) is 39.9. The molecule has 5 aliphatic rings. The second-order valence-corrected chi connectivity index (χ2v) is 9.48. The highest BCUT2D eigenvalue weighted by molar-refractivity contribution is 7.79. The van der Waals surface area contributed by atoms with Crippen molar-refractivity contribution in [1.82, 2.24) is 4.90 Å². The lowest BCUT2D eigenvalue weighted by Crippen LogP contribution is -2.24. The van der Waals surface area contributed by atoms with Gasteiger partial charge in [0.05, 0.1) is 30.1 Å². The van der Waals surface area contributed by atoms with E-state index in [1.54, 1.807) is 26.3 Å². The molecular formula is C35H68N4O8S2. The van der Waals surface area contributed by atoms with Gasteiger partial charge in [-0.25, -0.2) is 14.8 Å². The van der Waals surface area contributed by atoms with Gasteiger partial charge in [0.15, 0.2) is 0 Å². The number of likely N-dealkylation sites (N-methyl/N-ethyl adjacent to an activating group) is 1. The summed E-state index contributed by atoms with van der Waals surface area (Å²) in [4.78, 5) is 37.0. The summed E-state index contributed by atoms with van der Waals surface area (Å²) in [7, 11) is 6.92. The van der Waals surface area contributed by atoms with Crippen LogP contribution in [-0.2, 0) is 33.3 Å². The molecule has 288 valence electrons. The predicted octanol–water partition coefficient (Wildman–Crippen LogP) is 5.20. The number of amides is 2.